The Morgan fingerprint density at radius 3 is 2.63 bits per heavy atom. The average Bonchev–Trinajstić information content (AvgIpc) is 3.19. The summed E-state index contributed by atoms with van der Waals surface area (Å²) in [6.45, 7) is 6.98. The molecule has 0 bridgehead atoms. The fraction of sp³-hybridized carbons (Fsp3) is 0.846. The summed E-state index contributed by atoms with van der Waals surface area (Å²) < 4.78 is 10.4. The zero-order chi connectivity index (χ0) is 13.1. The number of aromatic nitrogens is 2. The van der Waals surface area contributed by atoms with E-state index in [0.717, 1.165) is 57.6 Å². The minimum absolute atomic E-state index is 0.548. The molecule has 2 fully saturated rings. The van der Waals surface area contributed by atoms with Crippen LogP contribution in [-0.4, -0.2) is 66.4 Å². The van der Waals surface area contributed by atoms with Crippen LogP contribution < -0.4 is 0 Å². The summed E-state index contributed by atoms with van der Waals surface area (Å²) >= 11 is 0. The molecule has 6 heteroatoms. The van der Waals surface area contributed by atoms with Crippen LogP contribution in [0.15, 0.2) is 4.52 Å². The molecule has 0 atom stereocenters. The number of hydrogen-bond acceptors (Lipinski definition) is 6. The Morgan fingerprint density at radius 1 is 1.21 bits per heavy atom. The summed E-state index contributed by atoms with van der Waals surface area (Å²) in [6, 6.07) is 0. The van der Waals surface area contributed by atoms with Crippen LogP contribution in [0.25, 0.3) is 0 Å². The predicted molar refractivity (Wildman–Crippen MR) is 69.9 cm³/mol. The van der Waals surface area contributed by atoms with E-state index >= 15 is 0 Å². The van der Waals surface area contributed by atoms with Gasteiger partial charge in [-0.15, -0.1) is 0 Å². The van der Waals surface area contributed by atoms with Gasteiger partial charge in [-0.3, -0.25) is 9.80 Å². The summed E-state index contributed by atoms with van der Waals surface area (Å²) in [4.78, 5) is 9.31. The van der Waals surface area contributed by atoms with Crippen LogP contribution in [0.2, 0.25) is 0 Å². The Bertz CT molecular complexity index is 397. The van der Waals surface area contributed by atoms with E-state index in [4.69, 9.17) is 9.26 Å². The van der Waals surface area contributed by atoms with Crippen molar-refractivity contribution in [1.29, 1.82) is 0 Å². The average molecular weight is 266 g/mol. The Kier molecular flexibility index (Phi) is 4.10. The monoisotopic (exact) mass is 266 g/mol. The van der Waals surface area contributed by atoms with Gasteiger partial charge in [0.1, 0.15) is 0 Å². The van der Waals surface area contributed by atoms with Gasteiger partial charge < -0.3 is 9.26 Å². The molecule has 1 saturated carbocycles. The highest BCUT2D eigenvalue weighted by molar-refractivity contribution is 5.01. The number of hydrogen-bond donors (Lipinski definition) is 0. The normalized spacial score (nSPS) is 21.9. The molecule has 0 unspecified atom stereocenters. The predicted octanol–water partition coefficient (Wildman–Crippen LogP) is 0.711. The molecule has 1 aromatic heterocycles. The lowest BCUT2D eigenvalue weighted by Gasteiger charge is -2.33. The smallest absolute Gasteiger partial charge is 0.229 e. The van der Waals surface area contributed by atoms with Crippen LogP contribution in [-0.2, 0) is 11.3 Å². The minimum Gasteiger partial charge on any atom is -0.383 e. The van der Waals surface area contributed by atoms with Gasteiger partial charge in [0, 0.05) is 45.8 Å². The van der Waals surface area contributed by atoms with Crippen molar-refractivity contribution in [3.63, 3.8) is 0 Å². The van der Waals surface area contributed by atoms with Gasteiger partial charge in [0.05, 0.1) is 13.2 Å². The number of rotatable bonds is 6. The SMILES string of the molecule is COCCN1CCN(Cc2noc(C3CC3)n2)CC1. The highest BCUT2D eigenvalue weighted by Crippen LogP contribution is 2.38. The van der Waals surface area contributed by atoms with E-state index in [1.807, 2.05) is 0 Å². The number of nitrogens with zero attached hydrogens (tertiary/aromatic N) is 4. The Labute approximate surface area is 113 Å². The molecular weight excluding hydrogens is 244 g/mol. The van der Waals surface area contributed by atoms with Crippen molar-refractivity contribution in [2.24, 2.45) is 0 Å². The third-order valence-electron chi connectivity index (χ3n) is 3.85. The van der Waals surface area contributed by atoms with Crippen molar-refractivity contribution in [1.82, 2.24) is 19.9 Å². The van der Waals surface area contributed by atoms with E-state index in [1.54, 1.807) is 7.11 Å². The van der Waals surface area contributed by atoms with Crippen LogP contribution in [0.3, 0.4) is 0 Å². The van der Waals surface area contributed by atoms with E-state index in [-0.39, 0.29) is 0 Å². The topological polar surface area (TPSA) is 54.6 Å². The van der Waals surface area contributed by atoms with E-state index in [1.165, 1.54) is 12.8 Å². The first-order valence-electron chi connectivity index (χ1n) is 7.11. The van der Waals surface area contributed by atoms with E-state index in [0.29, 0.717) is 5.92 Å². The maximum absolute atomic E-state index is 5.29. The van der Waals surface area contributed by atoms with Crippen molar-refractivity contribution in [2.45, 2.75) is 25.3 Å². The molecule has 106 valence electrons. The summed E-state index contributed by atoms with van der Waals surface area (Å²) in [6.07, 6.45) is 2.42. The Morgan fingerprint density at radius 2 is 1.95 bits per heavy atom. The van der Waals surface area contributed by atoms with Crippen LogP contribution >= 0.6 is 0 Å². The largest absolute Gasteiger partial charge is 0.383 e. The molecule has 1 aromatic rings. The summed E-state index contributed by atoms with van der Waals surface area (Å²) in [5.41, 5.74) is 0. The third kappa shape index (κ3) is 3.52. The second-order valence-corrected chi connectivity index (χ2v) is 5.43. The molecule has 1 saturated heterocycles. The Balaban J connectivity index is 1.43. The van der Waals surface area contributed by atoms with Crippen molar-refractivity contribution >= 4 is 0 Å². The maximum Gasteiger partial charge on any atom is 0.229 e. The molecule has 2 heterocycles. The molecule has 0 spiro atoms. The summed E-state index contributed by atoms with van der Waals surface area (Å²) in [5, 5.41) is 4.08. The van der Waals surface area contributed by atoms with Gasteiger partial charge in [-0.25, -0.2) is 0 Å². The second-order valence-electron chi connectivity index (χ2n) is 5.43. The second kappa shape index (κ2) is 5.98. The molecule has 6 nitrogen and oxygen atoms in total. The van der Waals surface area contributed by atoms with Gasteiger partial charge in [0.2, 0.25) is 5.89 Å². The number of ether oxygens (including phenoxy) is 1. The summed E-state index contributed by atoms with van der Waals surface area (Å²) in [5.74, 6) is 2.23. The van der Waals surface area contributed by atoms with Crippen LogP contribution in [0.4, 0.5) is 0 Å². The fourth-order valence-electron chi connectivity index (χ4n) is 2.42. The Hall–Kier alpha value is -0.980. The third-order valence-corrected chi connectivity index (χ3v) is 3.85. The molecule has 0 amide bonds. The first kappa shape index (κ1) is 13.0. The molecule has 0 aromatic carbocycles. The van der Waals surface area contributed by atoms with E-state index in [9.17, 15) is 0 Å². The van der Waals surface area contributed by atoms with E-state index < -0.39 is 0 Å². The maximum atomic E-state index is 5.29. The van der Waals surface area contributed by atoms with Crippen LogP contribution in [0.1, 0.15) is 30.5 Å². The molecular formula is C13H22N4O2. The van der Waals surface area contributed by atoms with Crippen molar-refractivity contribution in [2.75, 3.05) is 46.4 Å². The molecule has 19 heavy (non-hydrogen) atoms. The first-order valence-corrected chi connectivity index (χ1v) is 7.11. The van der Waals surface area contributed by atoms with Crippen molar-refractivity contribution < 1.29 is 9.26 Å². The zero-order valence-electron chi connectivity index (χ0n) is 11.5. The van der Waals surface area contributed by atoms with E-state index in [2.05, 4.69) is 19.9 Å². The number of methoxy groups -OCH3 is 1. The van der Waals surface area contributed by atoms with Gasteiger partial charge in [0.15, 0.2) is 5.82 Å². The molecule has 3 rings (SSSR count). The van der Waals surface area contributed by atoms with Gasteiger partial charge >= 0.3 is 0 Å². The zero-order valence-corrected chi connectivity index (χ0v) is 11.5. The lowest BCUT2D eigenvalue weighted by Crippen LogP contribution is -2.46. The van der Waals surface area contributed by atoms with Crippen LogP contribution in [0, 0.1) is 0 Å². The summed E-state index contributed by atoms with van der Waals surface area (Å²) in [7, 11) is 1.75. The first-order chi connectivity index (χ1) is 9.35. The molecule has 1 aliphatic carbocycles. The molecule has 1 aliphatic heterocycles. The highest BCUT2D eigenvalue weighted by Gasteiger charge is 2.30. The quantitative estimate of drug-likeness (QED) is 0.756. The molecule has 0 N–H and O–H groups in total. The van der Waals surface area contributed by atoms with Gasteiger partial charge in [-0.1, -0.05) is 5.16 Å². The van der Waals surface area contributed by atoms with Gasteiger partial charge in [-0.2, -0.15) is 4.98 Å². The van der Waals surface area contributed by atoms with Crippen LogP contribution in [0.5, 0.6) is 0 Å². The molecule has 0 radical (unpaired) electrons. The highest BCUT2D eigenvalue weighted by atomic mass is 16.5. The fourth-order valence-corrected chi connectivity index (χ4v) is 2.42. The van der Waals surface area contributed by atoms with Gasteiger partial charge in [-0.05, 0) is 12.8 Å². The number of piperazine rings is 1. The van der Waals surface area contributed by atoms with Gasteiger partial charge in [0.25, 0.3) is 0 Å². The lowest BCUT2D eigenvalue weighted by molar-refractivity contribution is 0.0922. The standard InChI is InChI=1S/C13H22N4O2/c1-18-9-8-16-4-6-17(7-5-16)10-12-14-13(19-15-12)11-2-3-11/h11H,2-10H2,1H3. The lowest BCUT2D eigenvalue weighted by atomic mass is 10.3. The van der Waals surface area contributed by atoms with Crippen molar-refractivity contribution in [3.05, 3.63) is 11.7 Å². The molecule has 2 aliphatic rings. The van der Waals surface area contributed by atoms with Crippen molar-refractivity contribution in [3.8, 4) is 0 Å². The minimum atomic E-state index is 0.548.